The van der Waals surface area contributed by atoms with Crippen molar-refractivity contribution < 1.29 is 9.84 Å². The molecule has 0 aliphatic rings. The Kier molecular flexibility index (Phi) is 5.17. The van der Waals surface area contributed by atoms with Gasteiger partial charge in [0.05, 0.1) is 6.10 Å². The summed E-state index contributed by atoms with van der Waals surface area (Å²) < 4.78 is 5.93. The van der Waals surface area contributed by atoms with Gasteiger partial charge >= 0.3 is 0 Å². The van der Waals surface area contributed by atoms with E-state index in [4.69, 9.17) is 4.74 Å². The Morgan fingerprint density at radius 3 is 1.95 bits per heavy atom. The molecule has 0 saturated carbocycles. The Bertz CT molecular complexity index is 370. The molecule has 108 valence electrons. The zero-order chi connectivity index (χ0) is 14.7. The summed E-state index contributed by atoms with van der Waals surface area (Å²) in [6, 6.07) is 9.55. The van der Waals surface area contributed by atoms with Crippen molar-refractivity contribution in [2.45, 2.75) is 60.4 Å². The predicted octanol–water partition coefficient (Wildman–Crippen LogP) is 4.55. The Morgan fingerprint density at radius 2 is 1.53 bits per heavy atom. The van der Waals surface area contributed by atoms with Crippen LogP contribution in [0, 0.1) is 10.8 Å². The third-order valence-electron chi connectivity index (χ3n) is 3.14. The summed E-state index contributed by atoms with van der Waals surface area (Å²) in [7, 11) is 0. The van der Waals surface area contributed by atoms with Crippen LogP contribution in [-0.4, -0.2) is 11.2 Å². The monoisotopic (exact) mass is 264 g/mol. The van der Waals surface area contributed by atoms with Gasteiger partial charge in [0.15, 0.2) is 6.29 Å². The molecular weight excluding hydrogens is 236 g/mol. The van der Waals surface area contributed by atoms with Gasteiger partial charge in [-0.1, -0.05) is 71.9 Å². The molecule has 2 nitrogen and oxygen atoms in total. The van der Waals surface area contributed by atoms with Gasteiger partial charge in [0.25, 0.3) is 0 Å². The molecule has 19 heavy (non-hydrogen) atoms. The van der Waals surface area contributed by atoms with E-state index >= 15 is 0 Å². The maximum Gasteiger partial charge on any atom is 0.181 e. The lowest BCUT2D eigenvalue weighted by molar-refractivity contribution is -0.176. The predicted molar refractivity (Wildman–Crippen MR) is 79.8 cm³/mol. The van der Waals surface area contributed by atoms with Crippen molar-refractivity contribution >= 4 is 0 Å². The first-order valence-corrected chi connectivity index (χ1v) is 6.98. The lowest BCUT2D eigenvalue weighted by atomic mass is 9.78. The molecule has 2 heteroatoms. The van der Waals surface area contributed by atoms with Crippen LogP contribution in [-0.2, 0) is 4.74 Å². The van der Waals surface area contributed by atoms with Crippen LogP contribution in [0.5, 0.6) is 0 Å². The third-order valence-corrected chi connectivity index (χ3v) is 3.14. The van der Waals surface area contributed by atoms with Gasteiger partial charge < -0.3 is 9.84 Å². The molecular formula is C17H28O2. The second-order valence-corrected chi connectivity index (χ2v) is 7.52. The minimum absolute atomic E-state index is 0.00302. The van der Waals surface area contributed by atoms with Crippen LogP contribution in [0.15, 0.2) is 30.3 Å². The molecule has 0 saturated heterocycles. The highest BCUT2D eigenvalue weighted by Gasteiger charge is 2.31. The second kappa shape index (κ2) is 6.06. The number of rotatable bonds is 4. The smallest absolute Gasteiger partial charge is 0.181 e. The lowest BCUT2D eigenvalue weighted by Crippen LogP contribution is -2.34. The van der Waals surface area contributed by atoms with Crippen molar-refractivity contribution in [1.82, 2.24) is 0 Å². The van der Waals surface area contributed by atoms with Gasteiger partial charge in [0.1, 0.15) is 0 Å². The number of hydrogen-bond donors (Lipinski definition) is 1. The zero-order valence-electron chi connectivity index (χ0n) is 13.1. The van der Waals surface area contributed by atoms with Crippen molar-refractivity contribution in [3.05, 3.63) is 35.9 Å². The molecule has 2 unspecified atom stereocenters. The SMILES string of the molecule is CC(C)(C)CC(OC(O)c1ccccc1)C(C)(C)C. The highest BCUT2D eigenvalue weighted by Crippen LogP contribution is 2.35. The fourth-order valence-electron chi connectivity index (χ4n) is 1.97. The van der Waals surface area contributed by atoms with Gasteiger partial charge in [-0.3, -0.25) is 0 Å². The van der Waals surface area contributed by atoms with E-state index in [-0.39, 0.29) is 16.9 Å². The fraction of sp³-hybridized carbons (Fsp3) is 0.647. The molecule has 0 aromatic heterocycles. The van der Waals surface area contributed by atoms with Crippen molar-refractivity contribution in [1.29, 1.82) is 0 Å². The molecule has 2 atom stereocenters. The summed E-state index contributed by atoms with van der Waals surface area (Å²) in [6.45, 7) is 13.1. The van der Waals surface area contributed by atoms with E-state index in [1.54, 1.807) is 0 Å². The first-order chi connectivity index (χ1) is 8.59. The Labute approximate surface area is 117 Å². The average molecular weight is 264 g/mol. The summed E-state index contributed by atoms with van der Waals surface area (Å²) >= 11 is 0. The van der Waals surface area contributed by atoms with Gasteiger partial charge in [-0.25, -0.2) is 0 Å². The molecule has 1 N–H and O–H groups in total. The number of aliphatic hydroxyl groups excluding tert-OH is 1. The maximum atomic E-state index is 10.2. The van der Waals surface area contributed by atoms with Crippen LogP contribution in [0.3, 0.4) is 0 Å². The minimum Gasteiger partial charge on any atom is -0.364 e. The van der Waals surface area contributed by atoms with Crippen molar-refractivity contribution in [3.8, 4) is 0 Å². The summed E-state index contributed by atoms with van der Waals surface area (Å²) in [5, 5.41) is 10.2. The van der Waals surface area contributed by atoms with E-state index in [1.807, 2.05) is 30.3 Å². The quantitative estimate of drug-likeness (QED) is 0.809. The highest BCUT2D eigenvalue weighted by atomic mass is 16.6. The van der Waals surface area contributed by atoms with E-state index in [9.17, 15) is 5.11 Å². The third kappa shape index (κ3) is 5.75. The van der Waals surface area contributed by atoms with Crippen LogP contribution in [0.25, 0.3) is 0 Å². The van der Waals surface area contributed by atoms with Gasteiger partial charge in [-0.15, -0.1) is 0 Å². The molecule has 1 aromatic carbocycles. The van der Waals surface area contributed by atoms with Gasteiger partial charge in [0.2, 0.25) is 0 Å². The van der Waals surface area contributed by atoms with Crippen molar-refractivity contribution in [2.75, 3.05) is 0 Å². The first-order valence-electron chi connectivity index (χ1n) is 6.98. The first kappa shape index (κ1) is 16.2. The van der Waals surface area contributed by atoms with E-state index in [2.05, 4.69) is 41.5 Å². The largest absolute Gasteiger partial charge is 0.364 e. The molecule has 0 fully saturated rings. The van der Waals surface area contributed by atoms with E-state index in [0.29, 0.717) is 0 Å². The standard InChI is InChI=1S/C17H28O2/c1-16(2,3)12-14(17(4,5)6)19-15(18)13-10-8-7-9-11-13/h7-11,14-15,18H,12H2,1-6H3. The van der Waals surface area contributed by atoms with Crippen molar-refractivity contribution in [3.63, 3.8) is 0 Å². The highest BCUT2D eigenvalue weighted by molar-refractivity contribution is 5.15. The van der Waals surface area contributed by atoms with Crippen LogP contribution in [0.4, 0.5) is 0 Å². The summed E-state index contributed by atoms with van der Waals surface area (Å²) in [6.07, 6.45) is 0.0795. The molecule has 0 aliphatic carbocycles. The van der Waals surface area contributed by atoms with Gasteiger partial charge in [-0.05, 0) is 17.3 Å². The molecule has 0 spiro atoms. The van der Waals surface area contributed by atoms with Gasteiger partial charge in [-0.2, -0.15) is 0 Å². The number of benzene rings is 1. The second-order valence-electron chi connectivity index (χ2n) is 7.52. The molecule has 0 amide bonds. The zero-order valence-corrected chi connectivity index (χ0v) is 13.1. The van der Waals surface area contributed by atoms with Crippen molar-refractivity contribution in [2.24, 2.45) is 10.8 Å². The molecule has 0 heterocycles. The number of ether oxygens (including phenoxy) is 1. The Balaban J connectivity index is 2.78. The summed E-state index contributed by atoms with van der Waals surface area (Å²) in [4.78, 5) is 0. The lowest BCUT2D eigenvalue weighted by Gasteiger charge is -2.36. The Morgan fingerprint density at radius 1 is 1.00 bits per heavy atom. The fourth-order valence-corrected chi connectivity index (χ4v) is 1.97. The molecule has 0 radical (unpaired) electrons. The topological polar surface area (TPSA) is 29.5 Å². The van der Waals surface area contributed by atoms with E-state index < -0.39 is 6.29 Å². The summed E-state index contributed by atoms with van der Waals surface area (Å²) in [5.74, 6) is 0. The van der Waals surface area contributed by atoms with Crippen LogP contribution in [0.1, 0.15) is 59.8 Å². The number of aliphatic hydroxyl groups is 1. The maximum absolute atomic E-state index is 10.2. The average Bonchev–Trinajstić information content (AvgIpc) is 2.26. The molecule has 0 aliphatic heterocycles. The molecule has 1 rings (SSSR count). The Hall–Kier alpha value is -0.860. The minimum atomic E-state index is -0.854. The van der Waals surface area contributed by atoms with Crippen LogP contribution in [0.2, 0.25) is 0 Å². The van der Waals surface area contributed by atoms with E-state index in [1.165, 1.54) is 0 Å². The van der Waals surface area contributed by atoms with Gasteiger partial charge in [0, 0.05) is 5.56 Å². The normalized spacial score (nSPS) is 16.2. The summed E-state index contributed by atoms with van der Waals surface area (Å²) in [5.41, 5.74) is 0.989. The van der Waals surface area contributed by atoms with Crippen LogP contribution >= 0.6 is 0 Å². The van der Waals surface area contributed by atoms with Crippen LogP contribution < -0.4 is 0 Å². The number of hydrogen-bond acceptors (Lipinski definition) is 2. The molecule has 0 bridgehead atoms. The van der Waals surface area contributed by atoms with E-state index in [0.717, 1.165) is 12.0 Å². The molecule has 1 aromatic rings.